The van der Waals surface area contributed by atoms with Crippen LogP contribution in [0.25, 0.3) is 0 Å². The van der Waals surface area contributed by atoms with Crippen molar-refractivity contribution in [1.29, 1.82) is 0 Å². The first kappa shape index (κ1) is 13.1. The fraction of sp³-hybridized carbons (Fsp3) is 0.625. The molecule has 3 unspecified atom stereocenters. The fourth-order valence-corrected chi connectivity index (χ4v) is 3.43. The molecule has 3 nitrogen and oxygen atoms in total. The molecule has 0 bridgehead atoms. The molecule has 104 valence electrons. The Morgan fingerprint density at radius 3 is 2.74 bits per heavy atom. The highest BCUT2D eigenvalue weighted by Crippen LogP contribution is 2.29. The highest BCUT2D eigenvalue weighted by Gasteiger charge is 2.35. The summed E-state index contributed by atoms with van der Waals surface area (Å²) in [4.78, 5) is 2.47. The lowest BCUT2D eigenvalue weighted by molar-refractivity contribution is -0.103. The van der Waals surface area contributed by atoms with Crippen molar-refractivity contribution < 1.29 is 9.84 Å². The molecule has 0 spiro atoms. The van der Waals surface area contributed by atoms with E-state index in [1.165, 1.54) is 24.0 Å². The Bertz CT molecular complexity index is 440. The van der Waals surface area contributed by atoms with Crippen LogP contribution < -0.4 is 0 Å². The average Bonchev–Trinajstić information content (AvgIpc) is 2.83. The molecule has 1 N–H and O–H groups in total. The Morgan fingerprint density at radius 1 is 1.26 bits per heavy atom. The lowest BCUT2D eigenvalue weighted by atomic mass is 9.98. The molecule has 2 heterocycles. The second-order valence-corrected chi connectivity index (χ2v) is 6.03. The number of fused-ring (bicyclic) bond motifs is 1. The molecule has 0 radical (unpaired) electrons. The van der Waals surface area contributed by atoms with Crippen LogP contribution in [0.1, 0.15) is 35.6 Å². The quantitative estimate of drug-likeness (QED) is 0.886. The largest absolute Gasteiger partial charge is 0.386 e. The summed E-state index contributed by atoms with van der Waals surface area (Å²) in [7, 11) is 0. The number of aryl methyl sites for hydroxylation is 2. The van der Waals surface area contributed by atoms with Gasteiger partial charge in [-0.25, -0.2) is 0 Å². The van der Waals surface area contributed by atoms with Crippen LogP contribution in [0.4, 0.5) is 0 Å². The number of rotatable bonds is 2. The number of aliphatic hydroxyl groups excluding tert-OH is 1. The summed E-state index contributed by atoms with van der Waals surface area (Å²) >= 11 is 0. The standard InChI is InChI=1S/C16H23NO2/c1-11-6-12(2)8-13(7-11)16(18)15-9-17-5-3-4-14(17)10-19-15/h6-8,14-16,18H,3-5,9-10H2,1-2H3. The Hall–Kier alpha value is -0.900. The van der Waals surface area contributed by atoms with E-state index in [2.05, 4.69) is 36.9 Å². The van der Waals surface area contributed by atoms with Crippen LogP contribution in [-0.4, -0.2) is 41.8 Å². The minimum atomic E-state index is -0.514. The zero-order valence-corrected chi connectivity index (χ0v) is 11.8. The molecule has 0 aromatic heterocycles. The van der Waals surface area contributed by atoms with Crippen LogP contribution in [0, 0.1) is 13.8 Å². The number of aliphatic hydroxyl groups is 1. The van der Waals surface area contributed by atoms with Gasteiger partial charge in [0.25, 0.3) is 0 Å². The zero-order chi connectivity index (χ0) is 13.4. The molecular formula is C16H23NO2. The van der Waals surface area contributed by atoms with Crippen molar-refractivity contribution in [1.82, 2.24) is 4.90 Å². The van der Waals surface area contributed by atoms with Gasteiger partial charge in [-0.2, -0.15) is 0 Å². The van der Waals surface area contributed by atoms with Gasteiger partial charge in [-0.15, -0.1) is 0 Å². The summed E-state index contributed by atoms with van der Waals surface area (Å²) in [6, 6.07) is 6.85. The van der Waals surface area contributed by atoms with Crippen LogP contribution in [0.15, 0.2) is 18.2 Å². The van der Waals surface area contributed by atoms with Crippen LogP contribution >= 0.6 is 0 Å². The second-order valence-electron chi connectivity index (χ2n) is 6.03. The summed E-state index contributed by atoms with van der Waals surface area (Å²) < 4.78 is 5.90. The lowest BCUT2D eigenvalue weighted by Gasteiger charge is -2.37. The van der Waals surface area contributed by atoms with E-state index in [4.69, 9.17) is 4.74 Å². The smallest absolute Gasteiger partial charge is 0.106 e. The number of nitrogens with zero attached hydrogens (tertiary/aromatic N) is 1. The molecule has 1 aromatic carbocycles. The van der Waals surface area contributed by atoms with Crippen LogP contribution in [0.5, 0.6) is 0 Å². The molecule has 0 aliphatic carbocycles. The van der Waals surface area contributed by atoms with Gasteiger partial charge in [-0.05, 0) is 38.8 Å². The highest BCUT2D eigenvalue weighted by atomic mass is 16.5. The van der Waals surface area contributed by atoms with E-state index in [-0.39, 0.29) is 6.10 Å². The zero-order valence-electron chi connectivity index (χ0n) is 11.8. The van der Waals surface area contributed by atoms with E-state index < -0.39 is 6.10 Å². The Balaban J connectivity index is 1.74. The molecule has 2 aliphatic rings. The molecule has 3 heteroatoms. The third-order valence-electron chi connectivity index (χ3n) is 4.35. The molecule has 3 rings (SSSR count). The van der Waals surface area contributed by atoms with E-state index in [0.29, 0.717) is 6.04 Å². The summed E-state index contributed by atoms with van der Waals surface area (Å²) in [5.41, 5.74) is 3.38. The summed E-state index contributed by atoms with van der Waals surface area (Å²) in [5, 5.41) is 10.6. The lowest BCUT2D eigenvalue weighted by Crippen LogP contribution is -2.48. The van der Waals surface area contributed by atoms with Crippen molar-refractivity contribution in [3.63, 3.8) is 0 Å². The summed E-state index contributed by atoms with van der Waals surface area (Å²) in [6.07, 6.45) is 1.91. The van der Waals surface area contributed by atoms with Crippen molar-refractivity contribution in [2.75, 3.05) is 19.7 Å². The monoisotopic (exact) mass is 261 g/mol. The maximum absolute atomic E-state index is 10.6. The van der Waals surface area contributed by atoms with E-state index in [1.54, 1.807) is 0 Å². The Kier molecular flexibility index (Phi) is 3.61. The van der Waals surface area contributed by atoms with E-state index in [1.807, 2.05) is 0 Å². The molecule has 2 fully saturated rings. The highest BCUT2D eigenvalue weighted by molar-refractivity contribution is 5.30. The Labute approximate surface area is 115 Å². The maximum Gasteiger partial charge on any atom is 0.106 e. The van der Waals surface area contributed by atoms with Gasteiger partial charge in [-0.1, -0.05) is 29.3 Å². The van der Waals surface area contributed by atoms with E-state index in [0.717, 1.165) is 25.3 Å². The van der Waals surface area contributed by atoms with Crippen LogP contribution in [0.2, 0.25) is 0 Å². The van der Waals surface area contributed by atoms with Crippen LogP contribution in [-0.2, 0) is 4.74 Å². The van der Waals surface area contributed by atoms with Gasteiger partial charge in [-0.3, -0.25) is 4.90 Å². The average molecular weight is 261 g/mol. The van der Waals surface area contributed by atoms with Crippen molar-refractivity contribution >= 4 is 0 Å². The summed E-state index contributed by atoms with van der Waals surface area (Å²) in [5.74, 6) is 0. The van der Waals surface area contributed by atoms with Gasteiger partial charge in [0, 0.05) is 12.6 Å². The van der Waals surface area contributed by atoms with E-state index in [9.17, 15) is 5.11 Å². The molecule has 3 atom stereocenters. The van der Waals surface area contributed by atoms with Gasteiger partial charge >= 0.3 is 0 Å². The SMILES string of the molecule is Cc1cc(C)cc(C(O)C2CN3CCCC3CO2)c1. The first-order valence-electron chi connectivity index (χ1n) is 7.25. The third kappa shape index (κ3) is 2.69. The maximum atomic E-state index is 10.6. The van der Waals surface area contributed by atoms with E-state index >= 15 is 0 Å². The van der Waals surface area contributed by atoms with Gasteiger partial charge in [0.05, 0.1) is 6.61 Å². The molecule has 19 heavy (non-hydrogen) atoms. The van der Waals surface area contributed by atoms with Crippen molar-refractivity contribution in [3.05, 3.63) is 34.9 Å². The first-order valence-corrected chi connectivity index (χ1v) is 7.25. The number of hydrogen-bond acceptors (Lipinski definition) is 3. The predicted molar refractivity (Wildman–Crippen MR) is 75.2 cm³/mol. The normalized spacial score (nSPS) is 29.2. The van der Waals surface area contributed by atoms with Gasteiger partial charge in [0.2, 0.25) is 0 Å². The molecule has 2 saturated heterocycles. The number of hydrogen-bond donors (Lipinski definition) is 1. The molecule has 2 aliphatic heterocycles. The third-order valence-corrected chi connectivity index (χ3v) is 4.35. The topological polar surface area (TPSA) is 32.7 Å². The van der Waals surface area contributed by atoms with Gasteiger partial charge < -0.3 is 9.84 Å². The minimum Gasteiger partial charge on any atom is -0.386 e. The number of ether oxygens (including phenoxy) is 1. The predicted octanol–water partition coefficient (Wildman–Crippen LogP) is 2.20. The second kappa shape index (κ2) is 5.23. The van der Waals surface area contributed by atoms with Gasteiger partial charge in [0.15, 0.2) is 0 Å². The fourth-order valence-electron chi connectivity index (χ4n) is 3.43. The molecule has 1 aromatic rings. The van der Waals surface area contributed by atoms with Crippen molar-refractivity contribution in [3.8, 4) is 0 Å². The first-order chi connectivity index (χ1) is 9.13. The molecule has 0 saturated carbocycles. The summed E-state index contributed by atoms with van der Waals surface area (Å²) in [6.45, 7) is 6.93. The van der Waals surface area contributed by atoms with Crippen LogP contribution in [0.3, 0.4) is 0 Å². The van der Waals surface area contributed by atoms with Gasteiger partial charge in [0.1, 0.15) is 12.2 Å². The van der Waals surface area contributed by atoms with Crippen molar-refractivity contribution in [2.45, 2.75) is 44.9 Å². The minimum absolute atomic E-state index is 0.0875. The molecule has 0 amide bonds. The molecular weight excluding hydrogens is 238 g/mol. The Morgan fingerprint density at radius 2 is 2.00 bits per heavy atom. The number of benzene rings is 1. The van der Waals surface area contributed by atoms with Crippen molar-refractivity contribution in [2.24, 2.45) is 0 Å². The number of morpholine rings is 1.